The first-order valence-corrected chi connectivity index (χ1v) is 5.72. The van der Waals surface area contributed by atoms with Crippen molar-refractivity contribution in [1.82, 2.24) is 5.32 Å². The zero-order valence-electron chi connectivity index (χ0n) is 9.86. The summed E-state index contributed by atoms with van der Waals surface area (Å²) >= 11 is 0. The highest BCUT2D eigenvalue weighted by molar-refractivity contribution is 5.32. The SMILES string of the molecule is COc1cccc(C(C)(O)C2CCNC2)c1. The lowest BCUT2D eigenvalue weighted by molar-refractivity contribution is 0.00200. The maximum Gasteiger partial charge on any atom is 0.119 e. The van der Waals surface area contributed by atoms with Crippen LogP contribution in [0.1, 0.15) is 18.9 Å². The van der Waals surface area contributed by atoms with Crippen LogP contribution in [0.5, 0.6) is 5.75 Å². The Balaban J connectivity index is 2.26. The van der Waals surface area contributed by atoms with Crippen LogP contribution in [-0.4, -0.2) is 25.3 Å². The minimum Gasteiger partial charge on any atom is -0.497 e. The Bertz CT molecular complexity index is 357. The Morgan fingerprint density at radius 3 is 2.94 bits per heavy atom. The third-order valence-electron chi connectivity index (χ3n) is 3.51. The molecule has 1 aliphatic rings. The summed E-state index contributed by atoms with van der Waals surface area (Å²) in [5, 5.41) is 13.9. The molecule has 1 aromatic carbocycles. The lowest BCUT2D eigenvalue weighted by atomic mass is 9.82. The molecule has 3 heteroatoms. The van der Waals surface area contributed by atoms with E-state index in [4.69, 9.17) is 4.74 Å². The Morgan fingerprint density at radius 1 is 1.50 bits per heavy atom. The van der Waals surface area contributed by atoms with Gasteiger partial charge < -0.3 is 15.2 Å². The topological polar surface area (TPSA) is 41.5 Å². The molecule has 0 spiro atoms. The summed E-state index contributed by atoms with van der Waals surface area (Å²) in [7, 11) is 1.64. The number of hydrogen-bond donors (Lipinski definition) is 2. The predicted molar refractivity (Wildman–Crippen MR) is 63.5 cm³/mol. The largest absolute Gasteiger partial charge is 0.497 e. The lowest BCUT2D eigenvalue weighted by Crippen LogP contribution is -2.33. The molecule has 2 atom stereocenters. The van der Waals surface area contributed by atoms with E-state index < -0.39 is 5.60 Å². The Kier molecular flexibility index (Phi) is 3.17. The molecule has 16 heavy (non-hydrogen) atoms. The Morgan fingerprint density at radius 2 is 2.31 bits per heavy atom. The molecule has 3 nitrogen and oxygen atoms in total. The average Bonchev–Trinajstić information content (AvgIpc) is 2.83. The van der Waals surface area contributed by atoms with Gasteiger partial charge in [-0.25, -0.2) is 0 Å². The van der Waals surface area contributed by atoms with Crippen LogP contribution < -0.4 is 10.1 Å². The second-order valence-electron chi connectivity index (χ2n) is 4.57. The third kappa shape index (κ3) is 2.06. The van der Waals surface area contributed by atoms with Crippen LogP contribution >= 0.6 is 0 Å². The van der Waals surface area contributed by atoms with Crippen LogP contribution in [0.2, 0.25) is 0 Å². The summed E-state index contributed by atoms with van der Waals surface area (Å²) < 4.78 is 5.19. The van der Waals surface area contributed by atoms with E-state index in [0.717, 1.165) is 30.8 Å². The van der Waals surface area contributed by atoms with Gasteiger partial charge in [-0.05, 0) is 37.6 Å². The van der Waals surface area contributed by atoms with Crippen molar-refractivity contribution in [3.05, 3.63) is 29.8 Å². The van der Waals surface area contributed by atoms with Gasteiger partial charge in [0.1, 0.15) is 5.75 Å². The summed E-state index contributed by atoms with van der Waals surface area (Å²) in [6, 6.07) is 7.69. The number of nitrogens with one attached hydrogen (secondary N) is 1. The van der Waals surface area contributed by atoms with Gasteiger partial charge in [-0.15, -0.1) is 0 Å². The second kappa shape index (κ2) is 4.44. The van der Waals surface area contributed by atoms with Gasteiger partial charge in [0.05, 0.1) is 12.7 Å². The maximum atomic E-state index is 10.6. The van der Waals surface area contributed by atoms with Crippen molar-refractivity contribution in [3.8, 4) is 5.75 Å². The van der Waals surface area contributed by atoms with Gasteiger partial charge in [-0.1, -0.05) is 12.1 Å². The van der Waals surface area contributed by atoms with Crippen molar-refractivity contribution < 1.29 is 9.84 Å². The Hall–Kier alpha value is -1.06. The van der Waals surface area contributed by atoms with E-state index in [1.807, 2.05) is 31.2 Å². The highest BCUT2D eigenvalue weighted by Crippen LogP contribution is 2.34. The molecular weight excluding hydrogens is 202 g/mol. The molecule has 2 unspecified atom stereocenters. The average molecular weight is 221 g/mol. The lowest BCUT2D eigenvalue weighted by Gasteiger charge is -2.30. The van der Waals surface area contributed by atoms with Crippen molar-refractivity contribution in [2.75, 3.05) is 20.2 Å². The first-order chi connectivity index (χ1) is 7.64. The smallest absolute Gasteiger partial charge is 0.119 e. The van der Waals surface area contributed by atoms with E-state index in [1.54, 1.807) is 7.11 Å². The van der Waals surface area contributed by atoms with Gasteiger partial charge in [0.15, 0.2) is 0 Å². The van der Waals surface area contributed by atoms with Crippen LogP contribution in [0.3, 0.4) is 0 Å². The van der Waals surface area contributed by atoms with Gasteiger partial charge in [0, 0.05) is 12.5 Å². The van der Waals surface area contributed by atoms with Crippen molar-refractivity contribution in [1.29, 1.82) is 0 Å². The Labute approximate surface area is 96.4 Å². The normalized spacial score (nSPS) is 24.1. The number of hydrogen-bond acceptors (Lipinski definition) is 3. The molecule has 0 amide bonds. The summed E-state index contributed by atoms with van der Waals surface area (Å²) in [5.41, 5.74) is 0.151. The molecule has 2 N–H and O–H groups in total. The van der Waals surface area contributed by atoms with E-state index in [1.165, 1.54) is 0 Å². The zero-order valence-corrected chi connectivity index (χ0v) is 9.86. The summed E-state index contributed by atoms with van der Waals surface area (Å²) in [5.74, 6) is 1.07. The molecule has 0 bridgehead atoms. The van der Waals surface area contributed by atoms with Gasteiger partial charge in [-0.2, -0.15) is 0 Å². The molecule has 1 heterocycles. The molecule has 0 radical (unpaired) electrons. The monoisotopic (exact) mass is 221 g/mol. The molecule has 0 saturated carbocycles. The van der Waals surface area contributed by atoms with E-state index >= 15 is 0 Å². The van der Waals surface area contributed by atoms with Gasteiger partial charge in [0.2, 0.25) is 0 Å². The first kappa shape index (κ1) is 11.4. The fourth-order valence-electron chi connectivity index (χ4n) is 2.31. The van der Waals surface area contributed by atoms with Crippen molar-refractivity contribution in [2.24, 2.45) is 5.92 Å². The van der Waals surface area contributed by atoms with Gasteiger partial charge >= 0.3 is 0 Å². The standard InChI is InChI=1S/C13H19NO2/c1-13(15,11-6-7-14-9-11)10-4-3-5-12(8-10)16-2/h3-5,8,11,14-15H,6-7,9H2,1-2H3. The van der Waals surface area contributed by atoms with Gasteiger partial charge in [0.25, 0.3) is 0 Å². The van der Waals surface area contributed by atoms with Crippen LogP contribution in [0.15, 0.2) is 24.3 Å². The molecule has 0 aliphatic carbocycles. The first-order valence-electron chi connectivity index (χ1n) is 5.72. The number of methoxy groups -OCH3 is 1. The van der Waals surface area contributed by atoms with E-state index in [9.17, 15) is 5.11 Å². The van der Waals surface area contributed by atoms with E-state index in [-0.39, 0.29) is 5.92 Å². The van der Waals surface area contributed by atoms with Crippen molar-refractivity contribution in [2.45, 2.75) is 18.9 Å². The molecular formula is C13H19NO2. The fourth-order valence-corrected chi connectivity index (χ4v) is 2.31. The molecule has 1 saturated heterocycles. The highest BCUT2D eigenvalue weighted by atomic mass is 16.5. The van der Waals surface area contributed by atoms with Crippen LogP contribution in [0.4, 0.5) is 0 Å². The predicted octanol–water partition coefficient (Wildman–Crippen LogP) is 1.51. The van der Waals surface area contributed by atoms with Crippen LogP contribution in [0.25, 0.3) is 0 Å². The number of rotatable bonds is 3. The number of benzene rings is 1. The summed E-state index contributed by atoms with van der Waals surface area (Å²) in [6.07, 6.45) is 1.02. The molecule has 88 valence electrons. The molecule has 1 aromatic rings. The van der Waals surface area contributed by atoms with Crippen molar-refractivity contribution >= 4 is 0 Å². The molecule has 0 aromatic heterocycles. The summed E-state index contributed by atoms with van der Waals surface area (Å²) in [4.78, 5) is 0. The number of aliphatic hydroxyl groups is 1. The molecule has 1 fully saturated rings. The van der Waals surface area contributed by atoms with Crippen LogP contribution in [0, 0.1) is 5.92 Å². The third-order valence-corrected chi connectivity index (χ3v) is 3.51. The second-order valence-corrected chi connectivity index (χ2v) is 4.57. The minimum absolute atomic E-state index is 0.277. The highest BCUT2D eigenvalue weighted by Gasteiger charge is 2.35. The maximum absolute atomic E-state index is 10.6. The van der Waals surface area contributed by atoms with E-state index in [2.05, 4.69) is 5.32 Å². The molecule has 1 aliphatic heterocycles. The van der Waals surface area contributed by atoms with Crippen molar-refractivity contribution in [3.63, 3.8) is 0 Å². The summed E-state index contributed by atoms with van der Waals surface area (Å²) in [6.45, 7) is 3.76. The minimum atomic E-state index is -0.780. The molecule has 2 rings (SSSR count). The zero-order chi connectivity index (χ0) is 11.6. The van der Waals surface area contributed by atoms with Crippen LogP contribution in [-0.2, 0) is 5.60 Å². The van der Waals surface area contributed by atoms with Gasteiger partial charge in [-0.3, -0.25) is 0 Å². The fraction of sp³-hybridized carbons (Fsp3) is 0.538. The van der Waals surface area contributed by atoms with E-state index in [0.29, 0.717) is 0 Å². The quantitative estimate of drug-likeness (QED) is 0.813. The number of ether oxygens (including phenoxy) is 1.